The molecule has 0 bridgehead atoms. The number of aryl methyl sites for hydroxylation is 2. The number of aromatic nitrogens is 4. The van der Waals surface area contributed by atoms with Gasteiger partial charge < -0.3 is 0 Å². The van der Waals surface area contributed by atoms with E-state index in [2.05, 4.69) is 19.9 Å². The Hall–Kier alpha value is -2.02. The van der Waals surface area contributed by atoms with Crippen LogP contribution in [0.1, 0.15) is 17.0 Å². The van der Waals surface area contributed by atoms with E-state index < -0.39 is 0 Å². The van der Waals surface area contributed by atoms with Crippen LogP contribution in [0, 0.1) is 13.8 Å². The Morgan fingerprint density at radius 3 is 2.94 bits per heavy atom. The molecular formula is C11H10N4O2S. The van der Waals surface area contributed by atoms with Crippen molar-refractivity contribution in [1.82, 2.24) is 19.9 Å². The number of hydrogen-bond donors (Lipinski definition) is 0. The molecule has 3 aromatic rings. The van der Waals surface area contributed by atoms with Crippen LogP contribution in [0.4, 0.5) is 0 Å². The molecule has 3 heterocycles. The summed E-state index contributed by atoms with van der Waals surface area (Å²) in [6.45, 7) is 4.03. The Morgan fingerprint density at radius 2 is 2.22 bits per heavy atom. The average Bonchev–Trinajstić information content (AvgIpc) is 2.91. The lowest BCUT2D eigenvalue weighted by Gasteiger charge is -2.02. The van der Waals surface area contributed by atoms with Gasteiger partial charge in [0.05, 0.1) is 18.3 Å². The molecule has 92 valence electrons. The molecule has 3 aromatic heterocycles. The molecule has 0 radical (unpaired) electrons. The average molecular weight is 262 g/mol. The monoisotopic (exact) mass is 262 g/mol. The fraction of sp³-hybridized carbons (Fsp3) is 0.273. The highest BCUT2D eigenvalue weighted by atomic mass is 32.1. The minimum absolute atomic E-state index is 0.0545. The van der Waals surface area contributed by atoms with Crippen LogP contribution in [-0.2, 0) is 6.54 Å². The van der Waals surface area contributed by atoms with Crippen LogP contribution < -0.4 is 5.56 Å². The number of hydrogen-bond acceptors (Lipinski definition) is 6. The van der Waals surface area contributed by atoms with Crippen LogP contribution in [0.3, 0.4) is 0 Å². The molecule has 0 aliphatic rings. The van der Waals surface area contributed by atoms with E-state index in [1.54, 1.807) is 6.92 Å². The van der Waals surface area contributed by atoms with Gasteiger partial charge in [0, 0.05) is 0 Å². The molecule has 0 aliphatic carbocycles. The summed E-state index contributed by atoms with van der Waals surface area (Å²) in [6.07, 6.45) is 1.54. The third kappa shape index (κ3) is 1.63. The van der Waals surface area contributed by atoms with Gasteiger partial charge >= 0.3 is 0 Å². The summed E-state index contributed by atoms with van der Waals surface area (Å²) >= 11 is 1.48. The van der Waals surface area contributed by atoms with Gasteiger partial charge in [0.15, 0.2) is 0 Å². The van der Waals surface area contributed by atoms with Crippen LogP contribution >= 0.6 is 11.3 Å². The second-order valence-corrected chi connectivity index (χ2v) is 4.93. The molecule has 0 saturated heterocycles. The van der Waals surface area contributed by atoms with Crippen molar-refractivity contribution in [3.63, 3.8) is 0 Å². The molecule has 0 saturated carbocycles. The molecule has 0 aliphatic heterocycles. The Labute approximate surface area is 106 Å². The van der Waals surface area contributed by atoms with Crippen LogP contribution in [0.15, 0.2) is 21.1 Å². The zero-order valence-electron chi connectivity index (χ0n) is 9.88. The highest BCUT2D eigenvalue weighted by Crippen LogP contribution is 2.19. The Kier molecular flexibility index (Phi) is 2.48. The molecular weight excluding hydrogens is 252 g/mol. The van der Waals surface area contributed by atoms with Crippen molar-refractivity contribution in [2.75, 3.05) is 0 Å². The predicted octanol–water partition coefficient (Wildman–Crippen LogP) is 1.51. The van der Waals surface area contributed by atoms with Gasteiger partial charge in [-0.05, 0) is 24.8 Å². The van der Waals surface area contributed by atoms with Gasteiger partial charge in [-0.2, -0.15) is 0 Å². The molecule has 0 fully saturated rings. The molecule has 0 N–H and O–H groups in total. The number of rotatable bonds is 2. The van der Waals surface area contributed by atoms with E-state index in [0.717, 1.165) is 10.4 Å². The van der Waals surface area contributed by atoms with Crippen LogP contribution in [0.25, 0.3) is 10.2 Å². The quantitative estimate of drug-likeness (QED) is 0.699. The van der Waals surface area contributed by atoms with Crippen molar-refractivity contribution >= 4 is 21.6 Å². The summed E-state index contributed by atoms with van der Waals surface area (Å²) in [5.74, 6) is 0. The zero-order chi connectivity index (χ0) is 12.7. The minimum Gasteiger partial charge on any atom is -0.292 e. The lowest BCUT2D eigenvalue weighted by atomic mass is 10.2. The molecule has 6 nitrogen and oxygen atoms in total. The van der Waals surface area contributed by atoms with Gasteiger partial charge in [-0.15, -0.1) is 11.3 Å². The Bertz CT molecular complexity index is 771. The third-order valence-corrected chi connectivity index (χ3v) is 3.82. The molecule has 7 heteroatoms. The van der Waals surface area contributed by atoms with Gasteiger partial charge in [-0.1, -0.05) is 10.3 Å². The maximum absolute atomic E-state index is 12.3. The summed E-state index contributed by atoms with van der Waals surface area (Å²) in [5, 5.41) is 10.1. The molecule has 0 aromatic carbocycles. The number of nitrogens with zero attached hydrogens (tertiary/aromatic N) is 4. The standard InChI is InChI=1S/C11H10N4O2S/c1-6-4-18-10-9(6)11(16)15(5-12-10)3-8-7(2)13-17-14-8/h4-5H,3H2,1-2H3. The molecule has 0 unspecified atom stereocenters. The first-order chi connectivity index (χ1) is 8.66. The number of fused-ring (bicyclic) bond motifs is 1. The van der Waals surface area contributed by atoms with Crippen LogP contribution in [0.5, 0.6) is 0 Å². The van der Waals surface area contributed by atoms with E-state index in [1.165, 1.54) is 22.2 Å². The highest BCUT2D eigenvalue weighted by molar-refractivity contribution is 7.16. The van der Waals surface area contributed by atoms with E-state index >= 15 is 0 Å². The van der Waals surface area contributed by atoms with Crippen LogP contribution in [0.2, 0.25) is 0 Å². The van der Waals surface area contributed by atoms with E-state index in [1.807, 2.05) is 12.3 Å². The molecule has 0 amide bonds. The number of thiophene rings is 1. The van der Waals surface area contributed by atoms with Crippen molar-refractivity contribution in [2.45, 2.75) is 20.4 Å². The second kappa shape index (κ2) is 4.02. The first-order valence-electron chi connectivity index (χ1n) is 5.38. The van der Waals surface area contributed by atoms with Crippen molar-refractivity contribution in [2.24, 2.45) is 0 Å². The highest BCUT2D eigenvalue weighted by Gasteiger charge is 2.11. The molecule has 18 heavy (non-hydrogen) atoms. The zero-order valence-corrected chi connectivity index (χ0v) is 10.7. The topological polar surface area (TPSA) is 73.8 Å². The third-order valence-electron chi connectivity index (χ3n) is 2.81. The van der Waals surface area contributed by atoms with E-state index in [4.69, 9.17) is 0 Å². The summed E-state index contributed by atoms with van der Waals surface area (Å²) in [7, 11) is 0. The maximum Gasteiger partial charge on any atom is 0.262 e. The van der Waals surface area contributed by atoms with Gasteiger partial charge in [-0.25, -0.2) is 9.61 Å². The Balaban J connectivity index is 2.13. The van der Waals surface area contributed by atoms with Gasteiger partial charge in [0.1, 0.15) is 16.2 Å². The summed E-state index contributed by atoms with van der Waals surface area (Å²) in [6, 6.07) is 0. The van der Waals surface area contributed by atoms with Gasteiger partial charge in [0.25, 0.3) is 5.56 Å². The SMILES string of the molecule is Cc1nonc1Cn1cnc2scc(C)c2c1=O. The fourth-order valence-electron chi connectivity index (χ4n) is 1.77. The Morgan fingerprint density at radius 1 is 1.39 bits per heavy atom. The van der Waals surface area contributed by atoms with E-state index in [-0.39, 0.29) is 5.56 Å². The summed E-state index contributed by atoms with van der Waals surface area (Å²) < 4.78 is 6.14. The predicted molar refractivity (Wildman–Crippen MR) is 66.8 cm³/mol. The first kappa shape index (κ1) is 11.1. The van der Waals surface area contributed by atoms with Gasteiger partial charge in [-0.3, -0.25) is 9.36 Å². The lowest BCUT2D eigenvalue weighted by Crippen LogP contribution is -2.21. The van der Waals surface area contributed by atoms with Crippen molar-refractivity contribution in [3.05, 3.63) is 39.0 Å². The van der Waals surface area contributed by atoms with E-state index in [0.29, 0.717) is 23.3 Å². The molecule has 0 spiro atoms. The summed E-state index contributed by atoms with van der Waals surface area (Å²) in [4.78, 5) is 17.3. The van der Waals surface area contributed by atoms with Crippen molar-refractivity contribution < 1.29 is 4.63 Å². The first-order valence-corrected chi connectivity index (χ1v) is 6.26. The second-order valence-electron chi connectivity index (χ2n) is 4.07. The lowest BCUT2D eigenvalue weighted by molar-refractivity contribution is 0.300. The maximum atomic E-state index is 12.3. The normalized spacial score (nSPS) is 11.2. The molecule has 0 atom stereocenters. The fourth-order valence-corrected chi connectivity index (χ4v) is 2.65. The summed E-state index contributed by atoms with van der Waals surface area (Å²) in [5.41, 5.74) is 2.23. The minimum atomic E-state index is -0.0545. The smallest absolute Gasteiger partial charge is 0.262 e. The van der Waals surface area contributed by atoms with Crippen molar-refractivity contribution in [3.8, 4) is 0 Å². The van der Waals surface area contributed by atoms with Crippen LogP contribution in [-0.4, -0.2) is 19.9 Å². The van der Waals surface area contributed by atoms with Crippen molar-refractivity contribution in [1.29, 1.82) is 0 Å². The molecule has 3 rings (SSSR count). The van der Waals surface area contributed by atoms with Gasteiger partial charge in [0.2, 0.25) is 0 Å². The van der Waals surface area contributed by atoms with E-state index in [9.17, 15) is 4.79 Å². The largest absolute Gasteiger partial charge is 0.292 e.